The Morgan fingerprint density at radius 2 is 1.15 bits per heavy atom. The summed E-state index contributed by atoms with van der Waals surface area (Å²) in [7, 11) is 0. The molecule has 2 aliphatic rings. The summed E-state index contributed by atoms with van der Waals surface area (Å²) in [5.41, 5.74) is 2.77. The van der Waals surface area contributed by atoms with Crippen LogP contribution < -0.4 is 5.32 Å². The van der Waals surface area contributed by atoms with Crippen molar-refractivity contribution in [2.75, 3.05) is 13.2 Å². The van der Waals surface area contributed by atoms with Crippen molar-refractivity contribution in [3.8, 4) is 0 Å². The average Bonchev–Trinajstić information content (AvgIpc) is 3.26. The zero-order valence-corrected chi connectivity index (χ0v) is 38.9. The molecule has 2 saturated heterocycles. The molecule has 4 rings (SSSR count). The molecule has 2 fully saturated rings. The number of amides is 1. The molecule has 1 N–H and O–H groups in total. The largest absolute Gasteiger partial charge is 0.462 e. The first-order chi connectivity index (χ1) is 30.2. The number of benzene rings is 2. The van der Waals surface area contributed by atoms with Crippen LogP contribution in [0.1, 0.15) is 192 Å². The van der Waals surface area contributed by atoms with E-state index in [2.05, 4.69) is 72.9 Å². The standard InChI is InChI=1S/C53H83NO8/c1-4-5-6-7-8-9-10-17-28-37-45(60-49(56)38-29-18-13-11-15-22-31-43-33-24-20-25-34-43)40-48(55)54-46-41-58-47-42-59-53(2,3)62-52(47)51(46)61-50(57)39-30-19-14-12-16-23-32-44-35-26-21-27-36-44/h20-21,24-27,33-36,45-47,51-52H,4-19,22-23,28-32,37-42H2,1-3H3,(H,54,55)/t45?,46-,47+,51+,52+/m0/s1. The Hall–Kier alpha value is -3.27. The predicted octanol–water partition coefficient (Wildman–Crippen LogP) is 12.1. The molecule has 0 radical (unpaired) electrons. The van der Waals surface area contributed by atoms with Crippen molar-refractivity contribution in [2.24, 2.45) is 0 Å². The fourth-order valence-electron chi connectivity index (χ4n) is 8.77. The highest BCUT2D eigenvalue weighted by Crippen LogP contribution is 2.32. The van der Waals surface area contributed by atoms with E-state index < -0.39 is 36.2 Å². The van der Waals surface area contributed by atoms with Gasteiger partial charge in [-0.05, 0) is 76.3 Å². The molecule has 2 heterocycles. The Morgan fingerprint density at radius 3 is 1.71 bits per heavy atom. The summed E-state index contributed by atoms with van der Waals surface area (Å²) in [5.74, 6) is -1.67. The van der Waals surface area contributed by atoms with Gasteiger partial charge in [0.15, 0.2) is 11.9 Å². The summed E-state index contributed by atoms with van der Waals surface area (Å²) in [6, 6.07) is 20.6. The number of hydrogen-bond acceptors (Lipinski definition) is 8. The molecule has 0 bridgehead atoms. The molecule has 2 aromatic carbocycles. The van der Waals surface area contributed by atoms with E-state index in [0.29, 0.717) is 25.9 Å². The Bertz CT molecular complexity index is 1480. The van der Waals surface area contributed by atoms with Crippen molar-refractivity contribution in [3.63, 3.8) is 0 Å². The fraction of sp³-hybridized carbons (Fsp3) is 0.717. The van der Waals surface area contributed by atoms with Crippen molar-refractivity contribution in [1.29, 1.82) is 0 Å². The highest BCUT2D eigenvalue weighted by molar-refractivity contribution is 5.78. The van der Waals surface area contributed by atoms with Crippen molar-refractivity contribution >= 4 is 17.8 Å². The van der Waals surface area contributed by atoms with Gasteiger partial charge in [0.2, 0.25) is 5.91 Å². The molecule has 2 aromatic rings. The highest BCUT2D eigenvalue weighted by Gasteiger charge is 2.50. The molecule has 0 spiro atoms. The minimum Gasteiger partial charge on any atom is -0.462 e. The van der Waals surface area contributed by atoms with E-state index in [1.54, 1.807) is 0 Å². The Kier molecular flexibility index (Phi) is 25.5. The maximum atomic E-state index is 13.8. The van der Waals surface area contributed by atoms with E-state index in [-0.39, 0.29) is 30.9 Å². The van der Waals surface area contributed by atoms with Gasteiger partial charge in [-0.3, -0.25) is 14.4 Å². The van der Waals surface area contributed by atoms with Gasteiger partial charge >= 0.3 is 11.9 Å². The van der Waals surface area contributed by atoms with E-state index in [9.17, 15) is 14.4 Å². The molecule has 9 nitrogen and oxygen atoms in total. The van der Waals surface area contributed by atoms with E-state index in [4.69, 9.17) is 23.7 Å². The minimum atomic E-state index is -0.890. The first-order valence-electron chi connectivity index (χ1n) is 24.9. The van der Waals surface area contributed by atoms with Crippen LogP contribution in [-0.4, -0.2) is 67.3 Å². The number of aryl methyl sites for hydroxylation is 2. The number of hydrogen-bond donors (Lipinski definition) is 1. The van der Waals surface area contributed by atoms with Gasteiger partial charge in [0.05, 0.1) is 25.7 Å². The second-order valence-electron chi connectivity index (χ2n) is 18.4. The van der Waals surface area contributed by atoms with Crippen LogP contribution in [0.25, 0.3) is 0 Å². The molecular formula is C53H83NO8. The van der Waals surface area contributed by atoms with Gasteiger partial charge in [-0.15, -0.1) is 0 Å². The summed E-state index contributed by atoms with van der Waals surface area (Å²) in [5, 5.41) is 3.11. The second kappa shape index (κ2) is 30.8. The molecule has 348 valence electrons. The lowest BCUT2D eigenvalue weighted by Gasteiger charge is -2.48. The third-order valence-corrected chi connectivity index (χ3v) is 12.4. The van der Waals surface area contributed by atoms with Crippen LogP contribution >= 0.6 is 0 Å². The third-order valence-electron chi connectivity index (χ3n) is 12.4. The van der Waals surface area contributed by atoms with Crippen molar-refractivity contribution in [1.82, 2.24) is 5.32 Å². The normalized spacial score (nSPS) is 19.9. The van der Waals surface area contributed by atoms with Crippen molar-refractivity contribution in [2.45, 2.75) is 230 Å². The van der Waals surface area contributed by atoms with Gasteiger partial charge in [-0.25, -0.2) is 0 Å². The summed E-state index contributed by atoms with van der Waals surface area (Å²) >= 11 is 0. The molecule has 9 heteroatoms. The molecule has 1 amide bonds. The van der Waals surface area contributed by atoms with Gasteiger partial charge in [-0.1, -0.05) is 170 Å². The van der Waals surface area contributed by atoms with E-state index in [1.165, 1.54) is 75.3 Å². The van der Waals surface area contributed by atoms with Crippen molar-refractivity contribution < 1.29 is 38.1 Å². The van der Waals surface area contributed by atoms with Crippen LogP contribution in [0, 0.1) is 0 Å². The summed E-state index contributed by atoms with van der Waals surface area (Å²) < 4.78 is 30.5. The Balaban J connectivity index is 1.23. The van der Waals surface area contributed by atoms with Crippen LogP contribution in [-0.2, 0) is 50.9 Å². The molecule has 0 aromatic heterocycles. The first-order valence-corrected chi connectivity index (χ1v) is 24.9. The molecule has 62 heavy (non-hydrogen) atoms. The lowest BCUT2D eigenvalue weighted by Crippen LogP contribution is -2.66. The van der Waals surface area contributed by atoms with Crippen LogP contribution in [0.15, 0.2) is 60.7 Å². The number of esters is 2. The SMILES string of the molecule is CCCCCCCCCCCC(CC(=O)N[C@H]1CO[C@@H]2COC(C)(C)O[C@H]2[C@@H]1OC(=O)CCCCCCCCc1ccccc1)OC(=O)CCCCCCCCc1ccccc1. The summed E-state index contributed by atoms with van der Waals surface area (Å²) in [4.78, 5) is 40.3. The monoisotopic (exact) mass is 862 g/mol. The number of unbranched alkanes of at least 4 members (excludes halogenated alkanes) is 18. The van der Waals surface area contributed by atoms with Crippen LogP contribution in [0.5, 0.6) is 0 Å². The van der Waals surface area contributed by atoms with Crippen molar-refractivity contribution in [3.05, 3.63) is 71.8 Å². The van der Waals surface area contributed by atoms with Crippen LogP contribution in [0.4, 0.5) is 0 Å². The molecular weight excluding hydrogens is 779 g/mol. The highest BCUT2D eigenvalue weighted by atomic mass is 16.7. The Morgan fingerprint density at radius 1 is 0.645 bits per heavy atom. The maximum absolute atomic E-state index is 13.8. The van der Waals surface area contributed by atoms with E-state index in [0.717, 1.165) is 83.5 Å². The number of carbonyl (C=O) groups excluding carboxylic acids is 3. The van der Waals surface area contributed by atoms with Crippen LogP contribution in [0.3, 0.4) is 0 Å². The first kappa shape index (κ1) is 51.4. The average molecular weight is 862 g/mol. The van der Waals surface area contributed by atoms with E-state index in [1.807, 2.05) is 13.8 Å². The number of ether oxygens (including phenoxy) is 5. The quantitative estimate of drug-likeness (QED) is 0.0558. The zero-order chi connectivity index (χ0) is 44.1. The maximum Gasteiger partial charge on any atom is 0.306 e. The molecule has 1 unspecified atom stereocenters. The Labute approximate surface area is 375 Å². The lowest BCUT2D eigenvalue weighted by molar-refractivity contribution is -0.339. The lowest BCUT2D eigenvalue weighted by atomic mass is 9.95. The predicted molar refractivity (Wildman–Crippen MR) is 248 cm³/mol. The topological polar surface area (TPSA) is 109 Å². The summed E-state index contributed by atoms with van der Waals surface area (Å²) in [6.45, 7) is 6.38. The number of rotatable bonds is 33. The second-order valence-corrected chi connectivity index (χ2v) is 18.4. The van der Waals surface area contributed by atoms with Gasteiger partial charge < -0.3 is 29.0 Å². The zero-order valence-electron chi connectivity index (χ0n) is 38.9. The molecule has 2 aliphatic heterocycles. The third kappa shape index (κ3) is 21.9. The van der Waals surface area contributed by atoms with Gasteiger partial charge in [0.1, 0.15) is 18.3 Å². The fourth-order valence-corrected chi connectivity index (χ4v) is 8.77. The molecule has 0 saturated carbocycles. The van der Waals surface area contributed by atoms with E-state index >= 15 is 0 Å². The van der Waals surface area contributed by atoms with Gasteiger partial charge in [-0.2, -0.15) is 0 Å². The van der Waals surface area contributed by atoms with Crippen LogP contribution in [0.2, 0.25) is 0 Å². The van der Waals surface area contributed by atoms with Gasteiger partial charge in [0.25, 0.3) is 0 Å². The smallest absolute Gasteiger partial charge is 0.306 e. The number of carbonyl (C=O) groups is 3. The molecule has 5 atom stereocenters. The number of fused-ring (bicyclic) bond motifs is 1. The minimum absolute atomic E-state index is 0.0518. The van der Waals surface area contributed by atoms with Gasteiger partial charge in [0, 0.05) is 12.8 Å². The number of nitrogens with one attached hydrogen (secondary N) is 1. The molecule has 0 aliphatic carbocycles. The summed E-state index contributed by atoms with van der Waals surface area (Å²) in [6.07, 6.45) is 24.7.